The SMILES string of the molecule is COCCOCCCN1CCN(CC(=O)O)CC1. The maximum absolute atomic E-state index is 10.6. The van der Waals surface area contributed by atoms with Gasteiger partial charge in [0.15, 0.2) is 0 Å². The van der Waals surface area contributed by atoms with E-state index in [-0.39, 0.29) is 6.54 Å². The van der Waals surface area contributed by atoms with Gasteiger partial charge in [0.05, 0.1) is 19.8 Å². The molecule has 0 aromatic heterocycles. The van der Waals surface area contributed by atoms with E-state index in [1.165, 1.54) is 0 Å². The van der Waals surface area contributed by atoms with Crippen molar-refractivity contribution in [2.75, 3.05) is 66.2 Å². The first-order valence-electron chi connectivity index (χ1n) is 6.45. The van der Waals surface area contributed by atoms with E-state index in [0.29, 0.717) is 13.2 Å². The van der Waals surface area contributed by atoms with Crippen molar-refractivity contribution in [3.05, 3.63) is 0 Å². The molecule has 0 aromatic carbocycles. The summed E-state index contributed by atoms with van der Waals surface area (Å²) >= 11 is 0. The van der Waals surface area contributed by atoms with E-state index < -0.39 is 5.97 Å². The number of methoxy groups -OCH3 is 1. The Morgan fingerprint density at radius 1 is 1.11 bits per heavy atom. The van der Waals surface area contributed by atoms with Crippen molar-refractivity contribution in [1.82, 2.24) is 9.80 Å². The van der Waals surface area contributed by atoms with E-state index in [1.807, 2.05) is 4.90 Å². The van der Waals surface area contributed by atoms with Gasteiger partial charge in [-0.05, 0) is 6.42 Å². The molecular weight excluding hydrogens is 236 g/mol. The van der Waals surface area contributed by atoms with Gasteiger partial charge in [0.2, 0.25) is 0 Å². The third-order valence-corrected chi connectivity index (χ3v) is 3.02. The summed E-state index contributed by atoms with van der Waals surface area (Å²) in [5.74, 6) is -0.741. The van der Waals surface area contributed by atoms with Crippen LogP contribution in [0.1, 0.15) is 6.42 Å². The Labute approximate surface area is 108 Å². The van der Waals surface area contributed by atoms with Crippen LogP contribution < -0.4 is 0 Å². The first kappa shape index (κ1) is 15.4. The summed E-state index contributed by atoms with van der Waals surface area (Å²) in [6, 6.07) is 0. The lowest BCUT2D eigenvalue weighted by Gasteiger charge is -2.33. The summed E-state index contributed by atoms with van der Waals surface area (Å²) in [6.45, 7) is 6.84. The van der Waals surface area contributed by atoms with Crippen molar-refractivity contribution < 1.29 is 19.4 Å². The van der Waals surface area contributed by atoms with E-state index in [2.05, 4.69) is 4.90 Å². The molecular formula is C12H24N2O4. The highest BCUT2D eigenvalue weighted by Gasteiger charge is 2.17. The van der Waals surface area contributed by atoms with E-state index in [0.717, 1.165) is 45.8 Å². The van der Waals surface area contributed by atoms with Gasteiger partial charge in [0, 0.05) is 46.4 Å². The highest BCUT2D eigenvalue weighted by molar-refractivity contribution is 5.69. The summed E-state index contributed by atoms with van der Waals surface area (Å²) in [4.78, 5) is 14.9. The average molecular weight is 260 g/mol. The van der Waals surface area contributed by atoms with Crippen molar-refractivity contribution in [3.8, 4) is 0 Å². The molecule has 0 spiro atoms. The quantitative estimate of drug-likeness (QED) is 0.576. The molecule has 0 saturated carbocycles. The number of hydrogen-bond donors (Lipinski definition) is 1. The number of nitrogens with zero attached hydrogens (tertiary/aromatic N) is 2. The molecule has 18 heavy (non-hydrogen) atoms. The lowest BCUT2D eigenvalue weighted by Crippen LogP contribution is -2.48. The molecule has 106 valence electrons. The van der Waals surface area contributed by atoms with Crippen LogP contribution in [-0.4, -0.2) is 87.1 Å². The smallest absolute Gasteiger partial charge is 0.317 e. The Morgan fingerprint density at radius 3 is 2.39 bits per heavy atom. The Morgan fingerprint density at radius 2 is 1.78 bits per heavy atom. The van der Waals surface area contributed by atoms with Crippen LogP contribution in [0.25, 0.3) is 0 Å². The number of aliphatic carboxylic acids is 1. The van der Waals surface area contributed by atoms with Gasteiger partial charge in [-0.1, -0.05) is 0 Å². The number of carbonyl (C=O) groups is 1. The third kappa shape index (κ3) is 6.90. The number of hydrogen-bond acceptors (Lipinski definition) is 5. The molecule has 1 saturated heterocycles. The van der Waals surface area contributed by atoms with Crippen LogP contribution in [0.3, 0.4) is 0 Å². The van der Waals surface area contributed by atoms with Crippen LogP contribution in [0.2, 0.25) is 0 Å². The summed E-state index contributed by atoms with van der Waals surface area (Å²) in [5, 5.41) is 8.69. The van der Waals surface area contributed by atoms with E-state index in [9.17, 15) is 4.79 Å². The molecule has 6 nitrogen and oxygen atoms in total. The minimum atomic E-state index is -0.741. The molecule has 1 aliphatic heterocycles. The third-order valence-electron chi connectivity index (χ3n) is 3.02. The summed E-state index contributed by atoms with van der Waals surface area (Å²) in [6.07, 6.45) is 1.02. The Kier molecular flexibility index (Phi) is 7.91. The van der Waals surface area contributed by atoms with Crippen molar-refractivity contribution in [2.45, 2.75) is 6.42 Å². The normalized spacial score (nSPS) is 18.1. The predicted octanol–water partition coefficient (Wildman–Crippen LogP) is -0.258. The fourth-order valence-electron chi connectivity index (χ4n) is 2.00. The van der Waals surface area contributed by atoms with Gasteiger partial charge in [-0.2, -0.15) is 0 Å². The molecule has 0 bridgehead atoms. The number of carboxylic acid groups (broad SMARTS) is 1. The average Bonchev–Trinajstić information content (AvgIpc) is 2.35. The van der Waals surface area contributed by atoms with E-state index >= 15 is 0 Å². The van der Waals surface area contributed by atoms with E-state index in [4.69, 9.17) is 14.6 Å². The molecule has 0 amide bonds. The molecule has 0 unspecified atom stereocenters. The van der Waals surface area contributed by atoms with Gasteiger partial charge in [0.1, 0.15) is 0 Å². The monoisotopic (exact) mass is 260 g/mol. The van der Waals surface area contributed by atoms with Gasteiger partial charge in [-0.25, -0.2) is 0 Å². The lowest BCUT2D eigenvalue weighted by atomic mass is 10.3. The molecule has 0 atom stereocenters. The molecule has 1 fully saturated rings. The Balaban J connectivity index is 1.97. The molecule has 0 aromatic rings. The van der Waals surface area contributed by atoms with Gasteiger partial charge in [-0.3, -0.25) is 9.69 Å². The van der Waals surface area contributed by atoms with E-state index in [1.54, 1.807) is 7.11 Å². The molecule has 1 aliphatic rings. The second-order valence-corrected chi connectivity index (χ2v) is 4.47. The second kappa shape index (κ2) is 9.27. The summed E-state index contributed by atoms with van der Waals surface area (Å²) in [7, 11) is 1.67. The molecule has 0 aliphatic carbocycles. The predicted molar refractivity (Wildman–Crippen MR) is 67.8 cm³/mol. The zero-order chi connectivity index (χ0) is 13.2. The highest BCUT2D eigenvalue weighted by atomic mass is 16.5. The maximum atomic E-state index is 10.6. The van der Waals surface area contributed by atoms with Crippen LogP contribution >= 0.6 is 0 Å². The topological polar surface area (TPSA) is 62.2 Å². The minimum absolute atomic E-state index is 0.161. The van der Waals surface area contributed by atoms with Crippen molar-refractivity contribution in [2.24, 2.45) is 0 Å². The van der Waals surface area contributed by atoms with Gasteiger partial charge in [-0.15, -0.1) is 0 Å². The van der Waals surface area contributed by atoms with Crippen LogP contribution in [0, 0.1) is 0 Å². The Bertz CT molecular complexity index is 230. The van der Waals surface area contributed by atoms with Crippen LogP contribution in [-0.2, 0) is 14.3 Å². The molecule has 0 radical (unpaired) electrons. The van der Waals surface area contributed by atoms with Crippen LogP contribution in [0.5, 0.6) is 0 Å². The first-order valence-corrected chi connectivity index (χ1v) is 6.45. The molecule has 1 heterocycles. The fraction of sp³-hybridized carbons (Fsp3) is 0.917. The van der Waals surface area contributed by atoms with Crippen LogP contribution in [0.4, 0.5) is 0 Å². The number of piperazine rings is 1. The van der Waals surface area contributed by atoms with Crippen molar-refractivity contribution in [3.63, 3.8) is 0 Å². The standard InChI is InChI=1S/C12H24N2O4/c1-17-9-10-18-8-2-3-13-4-6-14(7-5-13)11-12(15)16/h2-11H2,1H3,(H,15,16). The lowest BCUT2D eigenvalue weighted by molar-refractivity contribution is -0.138. The zero-order valence-electron chi connectivity index (χ0n) is 11.1. The molecule has 1 N–H and O–H groups in total. The van der Waals surface area contributed by atoms with Crippen molar-refractivity contribution >= 4 is 5.97 Å². The zero-order valence-corrected chi connectivity index (χ0v) is 11.1. The number of carboxylic acids is 1. The Hall–Kier alpha value is -0.690. The summed E-state index contributed by atoms with van der Waals surface area (Å²) < 4.78 is 10.3. The van der Waals surface area contributed by atoms with Gasteiger partial charge < -0.3 is 19.5 Å². The van der Waals surface area contributed by atoms with Gasteiger partial charge in [0.25, 0.3) is 0 Å². The second-order valence-electron chi connectivity index (χ2n) is 4.47. The minimum Gasteiger partial charge on any atom is -0.480 e. The fourth-order valence-corrected chi connectivity index (χ4v) is 2.00. The van der Waals surface area contributed by atoms with Crippen molar-refractivity contribution in [1.29, 1.82) is 0 Å². The molecule has 1 rings (SSSR count). The number of rotatable bonds is 9. The largest absolute Gasteiger partial charge is 0.480 e. The van der Waals surface area contributed by atoms with Crippen LogP contribution in [0.15, 0.2) is 0 Å². The maximum Gasteiger partial charge on any atom is 0.317 e. The number of ether oxygens (including phenoxy) is 2. The molecule has 6 heteroatoms. The highest BCUT2D eigenvalue weighted by Crippen LogP contribution is 2.02. The van der Waals surface area contributed by atoms with Gasteiger partial charge >= 0.3 is 5.97 Å². The summed E-state index contributed by atoms with van der Waals surface area (Å²) in [5.41, 5.74) is 0. The first-order chi connectivity index (χ1) is 8.72.